The monoisotopic (exact) mass is 212 g/mol. The predicted molar refractivity (Wildman–Crippen MR) is 62.5 cm³/mol. The normalized spacial score (nSPS) is 27.9. The third-order valence-corrected chi connectivity index (χ3v) is 3.07. The first kappa shape index (κ1) is 12.5. The predicted octanol–water partition coefficient (Wildman–Crippen LogP) is 1.76. The summed E-state index contributed by atoms with van der Waals surface area (Å²) in [5.41, 5.74) is 5.48. The maximum Gasteiger partial charge on any atom is 0.224 e. The fourth-order valence-corrected chi connectivity index (χ4v) is 2.27. The third kappa shape index (κ3) is 3.82. The molecule has 1 heterocycles. The summed E-state index contributed by atoms with van der Waals surface area (Å²) in [7, 11) is 0. The lowest BCUT2D eigenvalue weighted by molar-refractivity contribution is -0.136. The molecular weight excluding hydrogens is 188 g/mol. The van der Waals surface area contributed by atoms with Gasteiger partial charge in [0.1, 0.15) is 0 Å². The van der Waals surface area contributed by atoms with Crippen LogP contribution in [-0.4, -0.2) is 28.9 Å². The van der Waals surface area contributed by atoms with Crippen molar-refractivity contribution in [3.05, 3.63) is 0 Å². The van der Waals surface area contributed by atoms with E-state index in [2.05, 4.69) is 13.8 Å². The van der Waals surface area contributed by atoms with Crippen molar-refractivity contribution < 1.29 is 4.79 Å². The van der Waals surface area contributed by atoms with Gasteiger partial charge < -0.3 is 10.6 Å². The largest absolute Gasteiger partial charge is 0.340 e. The van der Waals surface area contributed by atoms with E-state index >= 15 is 0 Å². The van der Waals surface area contributed by atoms with Crippen LogP contribution in [0.4, 0.5) is 0 Å². The molecule has 3 nitrogen and oxygen atoms in total. The van der Waals surface area contributed by atoms with Gasteiger partial charge in [-0.1, -0.05) is 6.92 Å². The molecule has 1 rings (SSSR count). The first-order valence-corrected chi connectivity index (χ1v) is 5.88. The van der Waals surface area contributed by atoms with E-state index in [1.54, 1.807) is 0 Å². The Morgan fingerprint density at radius 1 is 1.47 bits per heavy atom. The van der Waals surface area contributed by atoms with E-state index in [-0.39, 0.29) is 11.4 Å². The number of carbonyl (C=O) groups excluding carboxylic acids is 1. The van der Waals surface area contributed by atoms with Crippen molar-refractivity contribution >= 4 is 5.91 Å². The van der Waals surface area contributed by atoms with Crippen LogP contribution >= 0.6 is 0 Å². The SMILES string of the molecule is CC1CCN(C(=O)CC(C)(C)N)C(C)C1. The number of amides is 1. The Labute approximate surface area is 93.0 Å². The molecule has 0 saturated carbocycles. The molecule has 0 spiro atoms. The number of rotatable bonds is 2. The maximum atomic E-state index is 12.0. The highest BCUT2D eigenvalue weighted by atomic mass is 16.2. The molecular formula is C12H24N2O. The molecule has 1 fully saturated rings. The van der Waals surface area contributed by atoms with E-state index in [9.17, 15) is 4.79 Å². The standard InChI is InChI=1S/C12H24N2O/c1-9-5-6-14(10(2)7-9)11(15)8-12(3,4)13/h9-10H,5-8,13H2,1-4H3. The Kier molecular flexibility index (Phi) is 3.77. The molecule has 1 saturated heterocycles. The number of nitrogens with two attached hydrogens (primary N) is 1. The average molecular weight is 212 g/mol. The van der Waals surface area contributed by atoms with Crippen LogP contribution in [0.25, 0.3) is 0 Å². The molecule has 0 radical (unpaired) electrons. The number of hydrogen-bond acceptors (Lipinski definition) is 2. The number of carbonyl (C=O) groups is 1. The summed E-state index contributed by atoms with van der Waals surface area (Å²) in [6.07, 6.45) is 2.70. The van der Waals surface area contributed by atoms with Gasteiger partial charge in [-0.15, -0.1) is 0 Å². The summed E-state index contributed by atoms with van der Waals surface area (Å²) in [6.45, 7) is 9.10. The Balaban J connectivity index is 2.53. The van der Waals surface area contributed by atoms with Crippen molar-refractivity contribution in [2.45, 2.75) is 58.5 Å². The molecule has 2 N–H and O–H groups in total. The lowest BCUT2D eigenvalue weighted by Gasteiger charge is -2.37. The third-order valence-electron chi connectivity index (χ3n) is 3.07. The molecule has 1 amide bonds. The second-order valence-corrected chi connectivity index (χ2v) is 5.73. The Morgan fingerprint density at radius 2 is 2.07 bits per heavy atom. The summed E-state index contributed by atoms with van der Waals surface area (Å²) in [6, 6.07) is 0.378. The van der Waals surface area contributed by atoms with Crippen LogP contribution < -0.4 is 5.73 Å². The lowest BCUT2D eigenvalue weighted by Crippen LogP contribution is -2.47. The van der Waals surface area contributed by atoms with Crippen LogP contribution in [0.1, 0.15) is 47.0 Å². The van der Waals surface area contributed by atoms with Gasteiger partial charge in [0, 0.05) is 24.5 Å². The molecule has 1 aliphatic heterocycles. The summed E-state index contributed by atoms with van der Waals surface area (Å²) in [4.78, 5) is 14.0. The number of hydrogen-bond donors (Lipinski definition) is 1. The van der Waals surface area contributed by atoms with E-state index in [4.69, 9.17) is 5.73 Å². The van der Waals surface area contributed by atoms with Crippen molar-refractivity contribution in [2.24, 2.45) is 11.7 Å². The van der Waals surface area contributed by atoms with Crippen LogP contribution in [0.3, 0.4) is 0 Å². The minimum Gasteiger partial charge on any atom is -0.340 e. The van der Waals surface area contributed by atoms with E-state index < -0.39 is 0 Å². The molecule has 88 valence electrons. The lowest BCUT2D eigenvalue weighted by atomic mass is 9.92. The first-order chi connectivity index (χ1) is 6.79. The average Bonchev–Trinajstić information content (AvgIpc) is 1.99. The van der Waals surface area contributed by atoms with Crippen molar-refractivity contribution in [3.8, 4) is 0 Å². The van der Waals surface area contributed by atoms with Crippen molar-refractivity contribution in [3.63, 3.8) is 0 Å². The highest BCUT2D eigenvalue weighted by Gasteiger charge is 2.28. The zero-order valence-corrected chi connectivity index (χ0v) is 10.4. The van der Waals surface area contributed by atoms with Crippen LogP contribution in [0.15, 0.2) is 0 Å². The fourth-order valence-electron chi connectivity index (χ4n) is 2.27. The molecule has 0 aromatic heterocycles. The van der Waals surface area contributed by atoms with Gasteiger partial charge in [-0.05, 0) is 39.5 Å². The molecule has 0 bridgehead atoms. The smallest absolute Gasteiger partial charge is 0.224 e. The number of piperidine rings is 1. The van der Waals surface area contributed by atoms with E-state index in [1.807, 2.05) is 18.7 Å². The number of nitrogens with zero attached hydrogens (tertiary/aromatic N) is 1. The molecule has 3 heteroatoms. The van der Waals surface area contributed by atoms with E-state index in [0.717, 1.165) is 25.3 Å². The topological polar surface area (TPSA) is 46.3 Å². The Bertz CT molecular complexity index is 232. The van der Waals surface area contributed by atoms with Crippen LogP contribution in [-0.2, 0) is 4.79 Å². The van der Waals surface area contributed by atoms with Gasteiger partial charge in [-0.2, -0.15) is 0 Å². The van der Waals surface area contributed by atoms with Crippen LogP contribution in [0, 0.1) is 5.92 Å². The van der Waals surface area contributed by atoms with Crippen molar-refractivity contribution in [1.82, 2.24) is 4.90 Å². The van der Waals surface area contributed by atoms with Gasteiger partial charge in [0.05, 0.1) is 0 Å². The molecule has 0 aromatic carbocycles. The Hall–Kier alpha value is -0.570. The van der Waals surface area contributed by atoms with Crippen LogP contribution in [0.5, 0.6) is 0 Å². The second-order valence-electron chi connectivity index (χ2n) is 5.73. The summed E-state index contributed by atoms with van der Waals surface area (Å²) in [5.74, 6) is 0.955. The minimum atomic E-state index is -0.389. The van der Waals surface area contributed by atoms with E-state index in [0.29, 0.717) is 12.5 Å². The Morgan fingerprint density at radius 3 is 2.53 bits per heavy atom. The van der Waals surface area contributed by atoms with Crippen LogP contribution in [0.2, 0.25) is 0 Å². The van der Waals surface area contributed by atoms with Gasteiger partial charge in [-0.25, -0.2) is 0 Å². The molecule has 1 aliphatic rings. The minimum absolute atomic E-state index is 0.210. The molecule has 2 atom stereocenters. The summed E-state index contributed by atoms with van der Waals surface area (Å²) >= 11 is 0. The summed E-state index contributed by atoms with van der Waals surface area (Å²) in [5, 5.41) is 0. The van der Waals surface area contributed by atoms with Crippen molar-refractivity contribution in [1.29, 1.82) is 0 Å². The van der Waals surface area contributed by atoms with Gasteiger partial charge in [-0.3, -0.25) is 4.79 Å². The first-order valence-electron chi connectivity index (χ1n) is 5.88. The fraction of sp³-hybridized carbons (Fsp3) is 0.917. The van der Waals surface area contributed by atoms with Crippen molar-refractivity contribution in [2.75, 3.05) is 6.54 Å². The number of likely N-dealkylation sites (tertiary alicyclic amines) is 1. The highest BCUT2D eigenvalue weighted by Crippen LogP contribution is 2.23. The highest BCUT2D eigenvalue weighted by molar-refractivity contribution is 5.77. The van der Waals surface area contributed by atoms with Gasteiger partial charge in [0.15, 0.2) is 0 Å². The molecule has 2 unspecified atom stereocenters. The van der Waals surface area contributed by atoms with E-state index in [1.165, 1.54) is 0 Å². The molecule has 15 heavy (non-hydrogen) atoms. The quantitative estimate of drug-likeness (QED) is 0.758. The van der Waals surface area contributed by atoms with Gasteiger partial charge in [0.2, 0.25) is 5.91 Å². The van der Waals surface area contributed by atoms with Gasteiger partial charge >= 0.3 is 0 Å². The van der Waals surface area contributed by atoms with Gasteiger partial charge in [0.25, 0.3) is 0 Å². The maximum absolute atomic E-state index is 12.0. The zero-order chi connectivity index (χ0) is 11.6. The molecule has 0 aliphatic carbocycles. The zero-order valence-electron chi connectivity index (χ0n) is 10.4. The molecule has 0 aromatic rings. The second kappa shape index (κ2) is 4.52. The summed E-state index contributed by atoms with van der Waals surface area (Å²) < 4.78 is 0.